The average molecular weight is 440 g/mol. The van der Waals surface area contributed by atoms with Crippen LogP contribution in [0, 0.1) is 0 Å². The van der Waals surface area contributed by atoms with Crippen LogP contribution in [-0.4, -0.2) is 54.2 Å². The van der Waals surface area contributed by atoms with E-state index in [0.717, 1.165) is 5.56 Å². The maximum Gasteiger partial charge on any atom is 0.295 e. The van der Waals surface area contributed by atoms with Gasteiger partial charge in [-0.1, -0.05) is 39.0 Å². The van der Waals surface area contributed by atoms with Crippen molar-refractivity contribution in [3.05, 3.63) is 64.7 Å². The molecule has 1 aliphatic heterocycles. The Morgan fingerprint density at radius 1 is 1.09 bits per heavy atom. The van der Waals surface area contributed by atoms with E-state index in [0.29, 0.717) is 16.9 Å². The third kappa shape index (κ3) is 4.34. The number of aliphatic hydroxyl groups is 1. The number of rotatable bonds is 6. The van der Waals surface area contributed by atoms with E-state index in [9.17, 15) is 19.8 Å². The molecule has 1 fully saturated rings. The van der Waals surface area contributed by atoms with E-state index in [1.165, 1.54) is 31.3 Å². The van der Waals surface area contributed by atoms with Gasteiger partial charge in [-0.15, -0.1) is 0 Å². The molecule has 1 saturated heterocycles. The van der Waals surface area contributed by atoms with Crippen molar-refractivity contribution in [2.75, 3.05) is 27.4 Å². The molecule has 3 rings (SSSR count). The first-order valence-electron chi connectivity index (χ1n) is 10.3. The van der Waals surface area contributed by atoms with Gasteiger partial charge in [0, 0.05) is 13.7 Å². The van der Waals surface area contributed by atoms with Crippen LogP contribution in [0.3, 0.4) is 0 Å². The minimum absolute atomic E-state index is 0.00728. The zero-order valence-electron chi connectivity index (χ0n) is 19.0. The van der Waals surface area contributed by atoms with Crippen molar-refractivity contribution >= 4 is 17.4 Å². The van der Waals surface area contributed by atoms with E-state index >= 15 is 0 Å². The Morgan fingerprint density at radius 3 is 2.41 bits per heavy atom. The number of Topliss-reactive ketones (excluding diaryl/α,β-unsaturated/α-hetero) is 1. The normalized spacial score (nSPS) is 18.3. The molecule has 0 aromatic heterocycles. The highest BCUT2D eigenvalue weighted by Gasteiger charge is 2.46. The molecule has 1 amide bonds. The predicted octanol–water partition coefficient (Wildman–Crippen LogP) is 3.77. The maximum atomic E-state index is 13.1. The molecule has 1 unspecified atom stereocenters. The van der Waals surface area contributed by atoms with Crippen LogP contribution in [0.1, 0.15) is 43.5 Å². The van der Waals surface area contributed by atoms with Gasteiger partial charge in [0.2, 0.25) is 0 Å². The zero-order valence-corrected chi connectivity index (χ0v) is 19.0. The third-order valence-corrected chi connectivity index (χ3v) is 5.58. The van der Waals surface area contributed by atoms with E-state index in [-0.39, 0.29) is 35.6 Å². The molecule has 7 nitrogen and oxygen atoms in total. The standard InChI is InChI=1S/C25H29NO6/c1-25(2,3)16-9-10-19(32-5)18(14-16)22(28)20-21(15-7-6-8-17(27)13-15)26(11-12-31-4)24(30)23(20)29/h6-10,13-14,21,27-28H,11-12H2,1-5H3/b22-20+. The minimum Gasteiger partial charge on any atom is -0.508 e. The van der Waals surface area contributed by atoms with Gasteiger partial charge in [0.1, 0.15) is 17.3 Å². The highest BCUT2D eigenvalue weighted by molar-refractivity contribution is 6.46. The number of ether oxygens (including phenoxy) is 2. The van der Waals surface area contributed by atoms with Crippen molar-refractivity contribution in [1.82, 2.24) is 4.90 Å². The topological polar surface area (TPSA) is 96.3 Å². The van der Waals surface area contributed by atoms with Crippen LogP contribution in [0.4, 0.5) is 0 Å². The summed E-state index contributed by atoms with van der Waals surface area (Å²) in [5.41, 5.74) is 1.50. The number of methoxy groups -OCH3 is 2. The lowest BCUT2D eigenvalue weighted by atomic mass is 9.85. The first kappa shape index (κ1) is 23.3. The lowest BCUT2D eigenvalue weighted by Gasteiger charge is -2.25. The SMILES string of the molecule is COCCN1C(=O)C(=O)/C(=C(/O)c2cc(C(C)(C)C)ccc2OC)C1c1cccc(O)c1. The lowest BCUT2D eigenvalue weighted by Crippen LogP contribution is -2.32. The van der Waals surface area contributed by atoms with Gasteiger partial charge >= 0.3 is 0 Å². The van der Waals surface area contributed by atoms with Crippen LogP contribution in [0.15, 0.2) is 48.0 Å². The van der Waals surface area contributed by atoms with E-state index < -0.39 is 17.7 Å². The van der Waals surface area contributed by atoms with Crippen LogP contribution in [0.2, 0.25) is 0 Å². The minimum atomic E-state index is -0.875. The highest BCUT2D eigenvalue weighted by Crippen LogP contribution is 2.42. The van der Waals surface area contributed by atoms with Gasteiger partial charge in [-0.05, 0) is 40.8 Å². The predicted molar refractivity (Wildman–Crippen MR) is 121 cm³/mol. The second-order valence-electron chi connectivity index (χ2n) is 8.75. The van der Waals surface area contributed by atoms with E-state index in [4.69, 9.17) is 9.47 Å². The molecule has 1 aliphatic rings. The summed E-state index contributed by atoms with van der Waals surface area (Å²) in [4.78, 5) is 27.3. The number of amides is 1. The summed E-state index contributed by atoms with van der Waals surface area (Å²) in [6.07, 6.45) is 0. The second kappa shape index (κ2) is 9.04. The van der Waals surface area contributed by atoms with E-state index in [2.05, 4.69) is 0 Å². The van der Waals surface area contributed by atoms with Crippen LogP contribution < -0.4 is 4.74 Å². The van der Waals surface area contributed by atoms with Crippen molar-refractivity contribution in [2.24, 2.45) is 0 Å². The molecular weight excluding hydrogens is 410 g/mol. The number of nitrogens with zero attached hydrogens (tertiary/aromatic N) is 1. The number of likely N-dealkylation sites (tertiary alicyclic amines) is 1. The fraction of sp³-hybridized carbons (Fsp3) is 0.360. The molecule has 7 heteroatoms. The first-order valence-corrected chi connectivity index (χ1v) is 10.3. The van der Waals surface area contributed by atoms with Crippen LogP contribution in [-0.2, 0) is 19.7 Å². The molecule has 0 bridgehead atoms. The van der Waals surface area contributed by atoms with Gasteiger partial charge in [-0.2, -0.15) is 0 Å². The van der Waals surface area contributed by atoms with Crippen molar-refractivity contribution in [3.8, 4) is 11.5 Å². The summed E-state index contributed by atoms with van der Waals surface area (Å²) in [6, 6.07) is 10.8. The number of phenolic OH excluding ortho intramolecular Hbond substituents is 1. The number of phenols is 1. The van der Waals surface area contributed by atoms with Crippen LogP contribution in [0.25, 0.3) is 5.76 Å². The molecule has 2 N–H and O–H groups in total. The lowest BCUT2D eigenvalue weighted by molar-refractivity contribution is -0.140. The van der Waals surface area contributed by atoms with Crippen molar-refractivity contribution < 1.29 is 29.3 Å². The molecule has 0 spiro atoms. The van der Waals surface area contributed by atoms with Crippen LogP contribution in [0.5, 0.6) is 11.5 Å². The second-order valence-corrected chi connectivity index (χ2v) is 8.75. The Kier molecular flexibility index (Phi) is 6.60. The number of hydrogen-bond donors (Lipinski definition) is 2. The molecule has 2 aromatic rings. The van der Waals surface area contributed by atoms with Crippen molar-refractivity contribution in [3.63, 3.8) is 0 Å². The van der Waals surface area contributed by atoms with Gasteiger partial charge in [0.15, 0.2) is 0 Å². The Hall–Kier alpha value is -3.32. The summed E-state index contributed by atoms with van der Waals surface area (Å²) in [5, 5.41) is 21.4. The number of carbonyl (C=O) groups is 2. The average Bonchev–Trinajstić information content (AvgIpc) is 3.00. The smallest absolute Gasteiger partial charge is 0.295 e. The molecule has 2 aromatic carbocycles. The third-order valence-electron chi connectivity index (χ3n) is 5.58. The molecule has 0 radical (unpaired) electrons. The Bertz CT molecular complexity index is 1070. The van der Waals surface area contributed by atoms with Gasteiger partial charge in [-0.3, -0.25) is 9.59 Å². The Balaban J connectivity index is 2.26. The number of benzene rings is 2. The first-order chi connectivity index (χ1) is 15.1. The largest absolute Gasteiger partial charge is 0.508 e. The monoisotopic (exact) mass is 439 g/mol. The van der Waals surface area contributed by atoms with Crippen LogP contribution >= 0.6 is 0 Å². The summed E-state index contributed by atoms with van der Waals surface area (Å²) < 4.78 is 10.6. The summed E-state index contributed by atoms with van der Waals surface area (Å²) in [7, 11) is 2.98. The molecule has 0 aliphatic carbocycles. The molecule has 1 atom stereocenters. The fourth-order valence-electron chi connectivity index (χ4n) is 3.85. The quantitative estimate of drug-likeness (QED) is 0.404. The number of carbonyl (C=O) groups excluding carboxylic acids is 2. The van der Waals surface area contributed by atoms with Gasteiger partial charge < -0.3 is 24.6 Å². The molecule has 170 valence electrons. The van der Waals surface area contributed by atoms with E-state index in [1.807, 2.05) is 26.8 Å². The van der Waals surface area contributed by atoms with Gasteiger partial charge in [-0.25, -0.2) is 0 Å². The van der Waals surface area contributed by atoms with Gasteiger partial charge in [0.25, 0.3) is 11.7 Å². The maximum absolute atomic E-state index is 13.1. The molecular formula is C25H29NO6. The van der Waals surface area contributed by atoms with Crippen molar-refractivity contribution in [2.45, 2.75) is 32.2 Å². The summed E-state index contributed by atoms with van der Waals surface area (Å²) in [5.74, 6) is -1.47. The summed E-state index contributed by atoms with van der Waals surface area (Å²) in [6.45, 7) is 6.47. The van der Waals surface area contributed by atoms with Crippen molar-refractivity contribution in [1.29, 1.82) is 0 Å². The number of aliphatic hydroxyl groups excluding tert-OH is 1. The molecule has 0 saturated carbocycles. The zero-order chi connectivity index (χ0) is 23.6. The van der Waals surface area contributed by atoms with Gasteiger partial charge in [0.05, 0.1) is 30.9 Å². The molecule has 1 heterocycles. The Labute approximate surface area is 187 Å². The molecule has 32 heavy (non-hydrogen) atoms. The number of ketones is 1. The highest BCUT2D eigenvalue weighted by atomic mass is 16.5. The number of aromatic hydroxyl groups is 1. The number of hydrogen-bond acceptors (Lipinski definition) is 6. The van der Waals surface area contributed by atoms with E-state index in [1.54, 1.807) is 24.3 Å². The summed E-state index contributed by atoms with van der Waals surface area (Å²) >= 11 is 0. The fourth-order valence-corrected chi connectivity index (χ4v) is 3.85. The Morgan fingerprint density at radius 2 is 1.81 bits per heavy atom.